The number of nitrogens with one attached hydrogen (secondary N) is 2. The summed E-state index contributed by atoms with van der Waals surface area (Å²) in [5.41, 5.74) is 2.16. The molecule has 0 aliphatic carbocycles. The number of methoxy groups -OCH3 is 2. The Labute approximate surface area is 234 Å². The maximum atomic E-state index is 14.3. The van der Waals surface area contributed by atoms with Gasteiger partial charge in [-0.1, -0.05) is 40.5 Å². The number of pyridine rings is 1. The van der Waals surface area contributed by atoms with E-state index in [-0.39, 0.29) is 16.4 Å². The lowest BCUT2D eigenvalue weighted by Crippen LogP contribution is -2.48. The third-order valence-corrected chi connectivity index (χ3v) is 12.3. The molecule has 1 heterocycles. The Bertz CT molecular complexity index is 1260. The molecule has 0 fully saturated rings. The molecule has 214 valence electrons. The van der Waals surface area contributed by atoms with Crippen LogP contribution in [-0.2, 0) is 11.0 Å². The van der Waals surface area contributed by atoms with Crippen molar-refractivity contribution in [3.8, 4) is 11.5 Å². The van der Waals surface area contributed by atoms with Gasteiger partial charge in [0.25, 0.3) is 0 Å². The SMILES string of the molecule is CCCC[C@](C)(CO[Si](C)(C)C(C)(C)C)Nc1cc(NCc2ccc(OC)cc2OC)nc2cc(F)ccc12. The molecule has 0 saturated heterocycles. The van der Waals surface area contributed by atoms with Crippen molar-refractivity contribution in [2.75, 3.05) is 31.5 Å². The smallest absolute Gasteiger partial charge is 0.192 e. The summed E-state index contributed by atoms with van der Waals surface area (Å²) in [4.78, 5) is 4.73. The van der Waals surface area contributed by atoms with E-state index in [2.05, 4.69) is 58.3 Å². The molecule has 0 aliphatic rings. The van der Waals surface area contributed by atoms with Crippen molar-refractivity contribution < 1.29 is 18.3 Å². The Morgan fingerprint density at radius 1 is 0.974 bits per heavy atom. The molecule has 2 aromatic carbocycles. The molecule has 3 aromatic rings. The van der Waals surface area contributed by atoms with E-state index in [0.29, 0.717) is 24.5 Å². The Morgan fingerprint density at radius 3 is 2.36 bits per heavy atom. The molecule has 0 spiro atoms. The highest BCUT2D eigenvalue weighted by Gasteiger charge is 2.39. The zero-order chi connectivity index (χ0) is 28.8. The Balaban J connectivity index is 1.94. The van der Waals surface area contributed by atoms with Crippen molar-refractivity contribution in [3.63, 3.8) is 0 Å². The van der Waals surface area contributed by atoms with Gasteiger partial charge in [0, 0.05) is 41.4 Å². The molecule has 1 aromatic heterocycles. The lowest BCUT2D eigenvalue weighted by molar-refractivity contribution is 0.214. The van der Waals surface area contributed by atoms with Crippen LogP contribution in [-0.4, -0.2) is 39.7 Å². The Morgan fingerprint density at radius 2 is 1.72 bits per heavy atom. The van der Waals surface area contributed by atoms with Gasteiger partial charge in [-0.2, -0.15) is 0 Å². The second-order valence-corrected chi connectivity index (χ2v) is 16.9. The predicted molar refractivity (Wildman–Crippen MR) is 163 cm³/mol. The minimum atomic E-state index is -1.94. The van der Waals surface area contributed by atoms with Crippen LogP contribution in [0.5, 0.6) is 11.5 Å². The normalized spacial score (nSPS) is 13.7. The minimum absolute atomic E-state index is 0.124. The first-order valence-electron chi connectivity index (χ1n) is 13.8. The molecule has 0 aliphatic heterocycles. The number of hydrogen-bond acceptors (Lipinski definition) is 6. The number of unbranched alkanes of at least 4 members (excludes halogenated alkanes) is 1. The molecule has 0 amide bonds. The average Bonchev–Trinajstić information content (AvgIpc) is 2.88. The van der Waals surface area contributed by atoms with Gasteiger partial charge in [-0.3, -0.25) is 0 Å². The summed E-state index contributed by atoms with van der Waals surface area (Å²) < 4.78 is 31.8. The Kier molecular flexibility index (Phi) is 9.88. The number of anilines is 2. The molecule has 6 nitrogen and oxygen atoms in total. The quantitative estimate of drug-likeness (QED) is 0.207. The van der Waals surface area contributed by atoms with Crippen molar-refractivity contribution in [1.29, 1.82) is 0 Å². The third-order valence-electron chi connectivity index (χ3n) is 7.80. The van der Waals surface area contributed by atoms with E-state index in [4.69, 9.17) is 18.9 Å². The highest BCUT2D eigenvalue weighted by molar-refractivity contribution is 6.74. The molecule has 1 atom stereocenters. The largest absolute Gasteiger partial charge is 0.497 e. The van der Waals surface area contributed by atoms with Crippen LogP contribution < -0.4 is 20.1 Å². The first kappa shape index (κ1) is 30.7. The van der Waals surface area contributed by atoms with E-state index >= 15 is 0 Å². The summed E-state index contributed by atoms with van der Waals surface area (Å²) in [6, 6.07) is 12.5. The lowest BCUT2D eigenvalue weighted by atomic mass is 9.95. The average molecular weight is 556 g/mol. The van der Waals surface area contributed by atoms with E-state index < -0.39 is 8.32 Å². The minimum Gasteiger partial charge on any atom is -0.497 e. The van der Waals surface area contributed by atoms with Crippen molar-refractivity contribution >= 4 is 30.7 Å². The zero-order valence-corrected chi connectivity index (χ0v) is 26.1. The van der Waals surface area contributed by atoms with Gasteiger partial charge in [-0.25, -0.2) is 9.37 Å². The van der Waals surface area contributed by atoms with Gasteiger partial charge >= 0.3 is 0 Å². The zero-order valence-electron chi connectivity index (χ0n) is 25.1. The number of halogens is 1. The van der Waals surface area contributed by atoms with E-state index in [1.807, 2.05) is 24.3 Å². The van der Waals surface area contributed by atoms with Crippen LogP contribution in [0.4, 0.5) is 15.9 Å². The number of fused-ring (bicyclic) bond motifs is 1. The van der Waals surface area contributed by atoms with Gasteiger partial charge in [0.2, 0.25) is 0 Å². The van der Waals surface area contributed by atoms with Crippen LogP contribution in [0.25, 0.3) is 10.9 Å². The number of aromatic nitrogens is 1. The number of nitrogens with zero attached hydrogens (tertiary/aromatic N) is 1. The second-order valence-electron chi connectivity index (χ2n) is 12.1. The number of benzene rings is 2. The van der Waals surface area contributed by atoms with Crippen LogP contribution in [0.2, 0.25) is 18.1 Å². The van der Waals surface area contributed by atoms with Gasteiger partial charge in [-0.15, -0.1) is 0 Å². The van der Waals surface area contributed by atoms with Crippen LogP contribution in [0, 0.1) is 5.82 Å². The van der Waals surface area contributed by atoms with Crippen molar-refractivity contribution in [2.45, 2.75) is 84.1 Å². The monoisotopic (exact) mass is 555 g/mol. The molecule has 8 heteroatoms. The summed E-state index contributed by atoms with van der Waals surface area (Å²) in [6.07, 6.45) is 3.12. The fraction of sp³-hybridized carbons (Fsp3) is 0.516. The highest BCUT2D eigenvalue weighted by Crippen LogP contribution is 2.38. The molecule has 0 radical (unpaired) electrons. The summed E-state index contributed by atoms with van der Waals surface area (Å²) in [5.74, 6) is 1.79. The molecular formula is C31H46FN3O3Si. The van der Waals surface area contributed by atoms with E-state index in [1.54, 1.807) is 20.3 Å². The lowest BCUT2D eigenvalue weighted by Gasteiger charge is -2.41. The van der Waals surface area contributed by atoms with Gasteiger partial charge < -0.3 is 24.5 Å². The first-order valence-corrected chi connectivity index (χ1v) is 16.7. The van der Waals surface area contributed by atoms with Crippen LogP contribution in [0.3, 0.4) is 0 Å². The third kappa shape index (κ3) is 7.85. The summed E-state index contributed by atoms with van der Waals surface area (Å²) in [7, 11) is 1.32. The number of ether oxygens (including phenoxy) is 2. The number of rotatable bonds is 13. The van der Waals surface area contributed by atoms with E-state index in [0.717, 1.165) is 47.4 Å². The topological polar surface area (TPSA) is 64.6 Å². The molecule has 39 heavy (non-hydrogen) atoms. The van der Waals surface area contributed by atoms with E-state index in [9.17, 15) is 4.39 Å². The molecule has 0 bridgehead atoms. The van der Waals surface area contributed by atoms with Crippen LogP contribution in [0.1, 0.15) is 59.4 Å². The highest BCUT2D eigenvalue weighted by atomic mass is 28.4. The fourth-order valence-electron chi connectivity index (χ4n) is 4.20. The standard InChI is InChI=1S/C31H46FN3O3Si/c1-10-11-16-31(5,21-38-39(8,9)30(2,3)4)35-27-19-29(34-26-17-23(32)13-15-25(26)27)33-20-22-12-14-24(36-6)18-28(22)37-7/h12-15,17-19H,10-11,16,20-21H2,1-9H3,(H2,33,34,35)/t31-/m1/s1. The first-order chi connectivity index (χ1) is 18.3. The molecule has 0 saturated carbocycles. The maximum Gasteiger partial charge on any atom is 0.192 e. The summed E-state index contributed by atoms with van der Waals surface area (Å²) in [5, 5.41) is 8.22. The Hall–Kier alpha value is -2.84. The van der Waals surface area contributed by atoms with Gasteiger partial charge in [0.05, 0.1) is 31.9 Å². The summed E-state index contributed by atoms with van der Waals surface area (Å²) >= 11 is 0. The molecule has 3 rings (SSSR count). The fourth-order valence-corrected chi connectivity index (χ4v) is 5.31. The van der Waals surface area contributed by atoms with E-state index in [1.165, 1.54) is 12.1 Å². The van der Waals surface area contributed by atoms with Crippen molar-refractivity contribution in [2.24, 2.45) is 0 Å². The molecule has 2 N–H and O–H groups in total. The van der Waals surface area contributed by atoms with Gasteiger partial charge in [0.15, 0.2) is 8.32 Å². The van der Waals surface area contributed by atoms with Crippen molar-refractivity contribution in [3.05, 3.63) is 53.8 Å². The summed E-state index contributed by atoms with van der Waals surface area (Å²) in [6.45, 7) is 16.9. The van der Waals surface area contributed by atoms with Crippen LogP contribution >= 0.6 is 0 Å². The number of hydrogen-bond donors (Lipinski definition) is 2. The predicted octanol–water partition coefficient (Wildman–Crippen LogP) is 8.39. The molecule has 0 unspecified atom stereocenters. The molecular weight excluding hydrogens is 509 g/mol. The van der Waals surface area contributed by atoms with Crippen molar-refractivity contribution in [1.82, 2.24) is 4.98 Å². The van der Waals surface area contributed by atoms with Crippen LogP contribution in [0.15, 0.2) is 42.5 Å². The maximum absolute atomic E-state index is 14.3. The second kappa shape index (κ2) is 12.6. The van der Waals surface area contributed by atoms with Gasteiger partial charge in [0.1, 0.15) is 23.1 Å². The van der Waals surface area contributed by atoms with Gasteiger partial charge in [-0.05, 0) is 55.7 Å².